The summed E-state index contributed by atoms with van der Waals surface area (Å²) in [5.74, 6) is -0.936. The average molecular weight is 475 g/mol. The molecular weight excluding hydrogens is 456 g/mol. The van der Waals surface area contributed by atoms with Crippen LogP contribution in [0.1, 0.15) is 29.3 Å². The standard InChI is InChI=1S/C22H19ClN2O4S2/c1-2-29-21(28)14-7-9-16(10-8-14)24-19(26)11-12-25-20(27)18(31-22(25)30)13-15-5-3-4-6-17(15)23/h3-10,13H,2,11-12H2,1H3,(H,24,26)/b18-13-. The zero-order chi connectivity index (χ0) is 22.4. The lowest BCUT2D eigenvalue weighted by Gasteiger charge is -2.14. The minimum atomic E-state index is -0.417. The van der Waals surface area contributed by atoms with Crippen LogP contribution in [0.5, 0.6) is 0 Å². The number of nitrogens with zero attached hydrogens (tertiary/aromatic N) is 1. The first kappa shape index (κ1) is 23.0. The fourth-order valence-electron chi connectivity index (χ4n) is 2.77. The Morgan fingerprint density at radius 1 is 1.19 bits per heavy atom. The second-order valence-electron chi connectivity index (χ2n) is 6.45. The highest BCUT2D eigenvalue weighted by Gasteiger charge is 2.32. The van der Waals surface area contributed by atoms with Gasteiger partial charge >= 0.3 is 5.97 Å². The van der Waals surface area contributed by atoms with Crippen molar-refractivity contribution in [3.63, 3.8) is 0 Å². The van der Waals surface area contributed by atoms with Gasteiger partial charge in [0.05, 0.1) is 17.1 Å². The van der Waals surface area contributed by atoms with Crippen molar-refractivity contribution in [2.75, 3.05) is 18.5 Å². The maximum Gasteiger partial charge on any atom is 0.338 e. The van der Waals surface area contributed by atoms with Crippen LogP contribution in [0.25, 0.3) is 6.08 Å². The normalized spacial score (nSPS) is 14.8. The van der Waals surface area contributed by atoms with Gasteiger partial charge in [0.25, 0.3) is 5.91 Å². The van der Waals surface area contributed by atoms with Gasteiger partial charge in [-0.3, -0.25) is 14.5 Å². The molecule has 0 aromatic heterocycles. The van der Waals surface area contributed by atoms with Crippen molar-refractivity contribution in [2.45, 2.75) is 13.3 Å². The van der Waals surface area contributed by atoms with Crippen molar-refractivity contribution >= 4 is 69.4 Å². The number of hydrogen-bond acceptors (Lipinski definition) is 6. The summed E-state index contributed by atoms with van der Waals surface area (Å²) in [7, 11) is 0. The molecule has 1 saturated heterocycles. The van der Waals surface area contributed by atoms with Gasteiger partial charge in [0.15, 0.2) is 0 Å². The monoisotopic (exact) mass is 474 g/mol. The van der Waals surface area contributed by atoms with E-state index < -0.39 is 5.97 Å². The van der Waals surface area contributed by atoms with Crippen molar-refractivity contribution in [3.8, 4) is 0 Å². The summed E-state index contributed by atoms with van der Waals surface area (Å²) in [5.41, 5.74) is 1.68. The summed E-state index contributed by atoms with van der Waals surface area (Å²) >= 11 is 12.6. The van der Waals surface area contributed by atoms with E-state index in [2.05, 4.69) is 5.32 Å². The molecule has 0 spiro atoms. The van der Waals surface area contributed by atoms with E-state index in [0.29, 0.717) is 32.1 Å². The number of thioether (sulfide) groups is 1. The zero-order valence-corrected chi connectivity index (χ0v) is 19.0. The highest BCUT2D eigenvalue weighted by atomic mass is 35.5. The molecule has 1 aliphatic rings. The SMILES string of the molecule is CCOC(=O)c1ccc(NC(=O)CCN2C(=O)/C(=C/c3ccccc3Cl)SC2=S)cc1. The first-order chi connectivity index (χ1) is 14.9. The summed E-state index contributed by atoms with van der Waals surface area (Å²) in [6.07, 6.45) is 1.78. The first-order valence-corrected chi connectivity index (χ1v) is 11.1. The lowest BCUT2D eigenvalue weighted by atomic mass is 10.2. The van der Waals surface area contributed by atoms with Gasteiger partial charge in [0.2, 0.25) is 5.91 Å². The maximum absolute atomic E-state index is 12.7. The number of nitrogens with one attached hydrogen (secondary N) is 1. The van der Waals surface area contributed by atoms with E-state index in [1.807, 2.05) is 18.2 Å². The van der Waals surface area contributed by atoms with Gasteiger partial charge in [-0.2, -0.15) is 0 Å². The van der Waals surface area contributed by atoms with Crippen molar-refractivity contribution in [3.05, 3.63) is 69.6 Å². The Hall–Kier alpha value is -2.68. The lowest BCUT2D eigenvalue weighted by molar-refractivity contribution is -0.122. The molecule has 0 radical (unpaired) electrons. The molecule has 9 heteroatoms. The minimum Gasteiger partial charge on any atom is -0.462 e. The van der Waals surface area contributed by atoms with E-state index in [-0.39, 0.29) is 24.8 Å². The molecule has 2 aromatic rings. The number of anilines is 1. The molecule has 1 aliphatic heterocycles. The van der Waals surface area contributed by atoms with E-state index in [4.69, 9.17) is 28.6 Å². The molecule has 0 unspecified atom stereocenters. The summed E-state index contributed by atoms with van der Waals surface area (Å²) in [6, 6.07) is 13.6. The van der Waals surface area contributed by atoms with Crippen LogP contribution in [-0.4, -0.2) is 40.2 Å². The van der Waals surface area contributed by atoms with Crippen molar-refractivity contribution in [1.82, 2.24) is 4.90 Å². The zero-order valence-electron chi connectivity index (χ0n) is 16.6. The van der Waals surface area contributed by atoms with E-state index in [1.54, 1.807) is 43.3 Å². The maximum atomic E-state index is 12.7. The van der Waals surface area contributed by atoms with Gasteiger partial charge in [-0.15, -0.1) is 0 Å². The minimum absolute atomic E-state index is 0.0748. The van der Waals surface area contributed by atoms with Crippen LogP contribution in [0.15, 0.2) is 53.4 Å². The molecule has 2 amide bonds. The van der Waals surface area contributed by atoms with Crippen LogP contribution in [0.3, 0.4) is 0 Å². The number of carbonyl (C=O) groups is 3. The van der Waals surface area contributed by atoms with Crippen LogP contribution in [0.2, 0.25) is 5.02 Å². The summed E-state index contributed by atoms with van der Waals surface area (Å²) in [6.45, 7) is 2.19. The summed E-state index contributed by atoms with van der Waals surface area (Å²) in [4.78, 5) is 38.5. The number of hydrogen-bond donors (Lipinski definition) is 1. The Morgan fingerprint density at radius 2 is 1.90 bits per heavy atom. The van der Waals surface area contributed by atoms with E-state index in [9.17, 15) is 14.4 Å². The number of benzene rings is 2. The average Bonchev–Trinajstić information content (AvgIpc) is 3.01. The highest BCUT2D eigenvalue weighted by Crippen LogP contribution is 2.33. The van der Waals surface area contributed by atoms with Gasteiger partial charge in [-0.1, -0.05) is 53.8 Å². The number of esters is 1. The second-order valence-corrected chi connectivity index (χ2v) is 8.53. The molecule has 1 fully saturated rings. The van der Waals surface area contributed by atoms with Crippen molar-refractivity contribution < 1.29 is 19.1 Å². The molecule has 1 heterocycles. The number of ether oxygens (including phenoxy) is 1. The Morgan fingerprint density at radius 3 is 2.58 bits per heavy atom. The fourth-order valence-corrected chi connectivity index (χ4v) is 4.26. The summed E-state index contributed by atoms with van der Waals surface area (Å²) in [5, 5.41) is 3.28. The fraction of sp³-hybridized carbons (Fsp3) is 0.182. The molecule has 0 saturated carbocycles. The quantitative estimate of drug-likeness (QED) is 0.354. The van der Waals surface area contributed by atoms with Gasteiger partial charge in [0, 0.05) is 23.7 Å². The molecule has 160 valence electrons. The third-order valence-electron chi connectivity index (χ3n) is 4.31. The summed E-state index contributed by atoms with van der Waals surface area (Å²) < 4.78 is 5.33. The number of thiocarbonyl (C=S) groups is 1. The second kappa shape index (κ2) is 10.6. The largest absolute Gasteiger partial charge is 0.462 e. The van der Waals surface area contributed by atoms with E-state index in [1.165, 1.54) is 16.7 Å². The van der Waals surface area contributed by atoms with E-state index >= 15 is 0 Å². The molecule has 1 N–H and O–H groups in total. The predicted molar refractivity (Wildman–Crippen MR) is 127 cm³/mol. The van der Waals surface area contributed by atoms with Crippen molar-refractivity contribution in [1.29, 1.82) is 0 Å². The molecule has 6 nitrogen and oxygen atoms in total. The predicted octanol–water partition coefficient (Wildman–Crippen LogP) is 4.75. The van der Waals surface area contributed by atoms with Crippen molar-refractivity contribution in [2.24, 2.45) is 0 Å². The smallest absolute Gasteiger partial charge is 0.338 e. The van der Waals surface area contributed by atoms with Gasteiger partial charge in [-0.25, -0.2) is 4.79 Å². The van der Waals surface area contributed by atoms with Gasteiger partial charge in [-0.05, 0) is 48.9 Å². The number of rotatable bonds is 7. The Kier molecular flexibility index (Phi) is 7.84. The Balaban J connectivity index is 1.56. The Bertz CT molecular complexity index is 1050. The van der Waals surface area contributed by atoms with E-state index in [0.717, 1.165) is 5.56 Å². The molecule has 3 rings (SSSR count). The van der Waals surface area contributed by atoms with Crippen LogP contribution >= 0.6 is 35.6 Å². The molecule has 0 atom stereocenters. The number of carbonyl (C=O) groups excluding carboxylic acids is 3. The van der Waals surface area contributed by atoms with Crippen LogP contribution < -0.4 is 5.32 Å². The molecular formula is C22H19ClN2O4S2. The highest BCUT2D eigenvalue weighted by molar-refractivity contribution is 8.26. The van der Waals surface area contributed by atoms with Gasteiger partial charge in [0.1, 0.15) is 4.32 Å². The molecule has 0 aliphatic carbocycles. The topological polar surface area (TPSA) is 75.7 Å². The Labute approximate surface area is 194 Å². The third kappa shape index (κ3) is 5.94. The number of halogens is 1. The third-order valence-corrected chi connectivity index (χ3v) is 6.03. The molecule has 0 bridgehead atoms. The van der Waals surface area contributed by atoms with Crippen LogP contribution in [-0.2, 0) is 14.3 Å². The van der Waals surface area contributed by atoms with Crippen LogP contribution in [0.4, 0.5) is 5.69 Å². The van der Waals surface area contributed by atoms with Gasteiger partial charge < -0.3 is 10.1 Å². The lowest BCUT2D eigenvalue weighted by Crippen LogP contribution is -2.31. The molecule has 31 heavy (non-hydrogen) atoms. The van der Waals surface area contributed by atoms with Crippen LogP contribution in [0, 0.1) is 0 Å². The number of amides is 2. The molecule has 2 aromatic carbocycles. The first-order valence-electron chi connectivity index (χ1n) is 9.46.